The number of fused-ring (bicyclic) bond motifs is 4. The molecule has 96 heavy (non-hydrogen) atoms. The molecule has 4 heterocycles. The summed E-state index contributed by atoms with van der Waals surface area (Å²) in [6.45, 7) is 7.51. The molecule has 0 spiro atoms. The van der Waals surface area contributed by atoms with E-state index in [-0.39, 0.29) is 66.3 Å². The fraction of sp³-hybridized carbons (Fsp3) is 0.329. The molecule has 1 atom stereocenters. The zero-order valence-electron chi connectivity index (χ0n) is 53.3. The molecule has 2 aliphatic heterocycles. The van der Waals surface area contributed by atoms with Gasteiger partial charge in [-0.05, 0) is 123 Å². The number of amides is 1. The van der Waals surface area contributed by atoms with Crippen LogP contribution in [0.25, 0.3) is 55.7 Å². The number of benzene rings is 6. The van der Waals surface area contributed by atoms with E-state index < -0.39 is 53.8 Å². The Morgan fingerprint density at radius 3 is 1.86 bits per heavy atom. The number of hydrogen-bond acceptors (Lipinski definition) is 15. The molecule has 1 amide bonds. The zero-order valence-corrected chi connectivity index (χ0v) is 59.6. The maximum Gasteiger partial charge on any atom is 0.282 e. The summed E-state index contributed by atoms with van der Waals surface area (Å²) in [5.41, 5.74) is 9.33. The minimum Gasteiger partial charge on any atom is -0.748 e. The number of halogens is 4. The Morgan fingerprint density at radius 1 is 0.625 bits per heavy atom. The second-order valence-electron chi connectivity index (χ2n) is 23.6. The number of rotatable bonds is 31. The maximum absolute atomic E-state index is 14.6. The van der Waals surface area contributed by atoms with Crippen molar-refractivity contribution in [3.63, 3.8) is 0 Å². The summed E-state index contributed by atoms with van der Waals surface area (Å²) in [5, 5.41) is 5.51. The molecule has 2 aliphatic rings. The van der Waals surface area contributed by atoms with Crippen LogP contribution in [-0.4, -0.2) is 86.3 Å². The predicted octanol–water partition coefficient (Wildman–Crippen LogP) is 15.0. The summed E-state index contributed by atoms with van der Waals surface area (Å²) in [6, 6.07) is 39.2. The highest BCUT2D eigenvalue weighted by Gasteiger charge is 2.34. The van der Waals surface area contributed by atoms with Crippen LogP contribution in [0.15, 0.2) is 157 Å². The molecular formula is C70H74Cl4N7O11S4-. The fourth-order valence-corrected chi connectivity index (χ4v) is 15.5. The van der Waals surface area contributed by atoms with Gasteiger partial charge >= 0.3 is 0 Å². The molecule has 0 saturated carbocycles. The standard InChI is InChI=1S/C70H75Cl4N7O11S4/c1-4-7-25-65(81-62-43-52(50-23-13-9-14-24-50)30-32-64(62)93-70(81)41-48(5-2)40-69-80(36-20-39-96(89,90)91)61-42-51(29-31-63(61)92-69)49-21-11-8-12-22-49)75-66(82)26-15-10-16-33-77-59-46-55(73)56(74)47-60(59)79(35-19-38-95(86,87)88)68(77)28-17-27-67-76(6-3)57-44-53(71)54(72)45-58(57)78(67)34-18-37-94(83,84)85/h8-9,11-14,17,21-24,27-32,40-47,65H,4-7,10,15-16,18-20,25-26,33-39H2,1-3H3,(H2-2,75,82,83,84,85,86,87,88,89,90,91)/p-1. The Balaban J connectivity index is 0.935. The van der Waals surface area contributed by atoms with E-state index >= 15 is 0 Å². The van der Waals surface area contributed by atoms with Gasteiger partial charge in [0.15, 0.2) is 16.8 Å². The highest BCUT2D eigenvalue weighted by atomic mass is 35.5. The first-order chi connectivity index (χ1) is 45.9. The van der Waals surface area contributed by atoms with Gasteiger partial charge in [0.1, 0.15) is 10.5 Å². The van der Waals surface area contributed by atoms with Gasteiger partial charge in [0.25, 0.3) is 10.8 Å². The molecule has 2 aromatic heterocycles. The minimum atomic E-state index is -4.57. The topological polar surface area (TPSA) is 232 Å². The monoisotopic (exact) mass is 1460 g/mol. The third kappa shape index (κ3) is 17.9. The number of ether oxygens (including phenoxy) is 1. The lowest BCUT2D eigenvalue weighted by molar-refractivity contribution is -0.700. The van der Waals surface area contributed by atoms with Crippen LogP contribution < -0.4 is 33.9 Å². The van der Waals surface area contributed by atoms with Crippen molar-refractivity contribution < 1.29 is 57.6 Å². The van der Waals surface area contributed by atoms with Gasteiger partial charge in [0.2, 0.25) is 23.5 Å². The van der Waals surface area contributed by atoms with Crippen LogP contribution in [0.1, 0.15) is 108 Å². The molecule has 18 nitrogen and oxygen atoms in total. The Bertz CT molecular complexity index is 4660. The van der Waals surface area contributed by atoms with Crippen LogP contribution in [0, 0.1) is 0 Å². The number of aromatic nitrogens is 3. The number of imidazole rings is 1. The number of nitrogens with zero attached hydrogens (tertiary/aromatic N) is 6. The number of carbonyl (C=O) groups excluding carboxylic acids is 1. The number of thiazole rings is 1. The Labute approximate surface area is 585 Å². The van der Waals surface area contributed by atoms with Crippen molar-refractivity contribution >= 4 is 144 Å². The van der Waals surface area contributed by atoms with Crippen molar-refractivity contribution in [2.75, 3.05) is 51.6 Å². The van der Waals surface area contributed by atoms with E-state index in [1.807, 2.05) is 122 Å². The van der Waals surface area contributed by atoms with Crippen molar-refractivity contribution in [3.8, 4) is 28.0 Å². The SMILES string of the molecule is CCCCC(NC(=O)CCCCCn1c(C=CC=C2N(CC)c3cc(Cl)c(Cl)cc3N2CCCS(=O)(=O)[O-])[n+](CCCS(=O)(=O)[O-])c2cc(Cl)c(Cl)cc21)[n+]1c(C=C(C=C2Oc3ccc(-c4ccccc4)cc3N2CCCS(=O)(=O)[O-])CC)sc2ccc(-c3ccccc3)cc21. The lowest BCUT2D eigenvalue weighted by Gasteiger charge is -2.24. The maximum atomic E-state index is 14.6. The molecule has 1 unspecified atom stereocenters. The second-order valence-corrected chi connectivity index (χ2v) is 30.8. The highest BCUT2D eigenvalue weighted by Crippen LogP contribution is 2.46. The molecule has 0 bridgehead atoms. The third-order valence-corrected chi connectivity index (χ3v) is 21.7. The fourth-order valence-electron chi connectivity index (χ4n) is 12.3. The Morgan fingerprint density at radius 2 is 1.23 bits per heavy atom. The number of allylic oxidation sites excluding steroid dienone is 4. The quantitative estimate of drug-likeness (QED) is 0.0242. The van der Waals surface area contributed by atoms with Crippen molar-refractivity contribution in [2.24, 2.45) is 0 Å². The summed E-state index contributed by atoms with van der Waals surface area (Å²) >= 11 is 28.1. The summed E-state index contributed by atoms with van der Waals surface area (Å²) < 4.78 is 120. The molecule has 26 heteroatoms. The van der Waals surface area contributed by atoms with Gasteiger partial charge in [0.05, 0.1) is 80.6 Å². The summed E-state index contributed by atoms with van der Waals surface area (Å²) in [7, 11) is -13.6. The van der Waals surface area contributed by atoms with E-state index in [4.69, 9.17) is 51.1 Å². The summed E-state index contributed by atoms with van der Waals surface area (Å²) in [4.78, 5) is 20.4. The molecule has 0 fully saturated rings. The number of anilines is 3. The molecule has 0 aliphatic carbocycles. The third-order valence-electron chi connectivity index (χ3n) is 16.8. The van der Waals surface area contributed by atoms with E-state index in [0.717, 1.165) is 67.3 Å². The lowest BCUT2D eigenvalue weighted by atomic mass is 10.0. The average molecular weight is 1460 g/mol. The van der Waals surface area contributed by atoms with Gasteiger partial charge in [-0.3, -0.25) is 10.1 Å². The first kappa shape index (κ1) is 72.0. The molecule has 0 saturated heterocycles. The van der Waals surface area contributed by atoms with Crippen LogP contribution in [0.3, 0.4) is 0 Å². The number of nitrogens with one attached hydrogen (secondary N) is 1. The number of carbonyl (C=O) groups is 1. The first-order valence-electron chi connectivity index (χ1n) is 31.9. The minimum absolute atomic E-state index is 0.00588. The van der Waals surface area contributed by atoms with Gasteiger partial charge in [-0.15, -0.1) is 0 Å². The predicted molar refractivity (Wildman–Crippen MR) is 382 cm³/mol. The number of hydrogen-bond donors (Lipinski definition) is 1. The number of unbranched alkanes of at least 4 members (excludes halogenated alkanes) is 3. The van der Waals surface area contributed by atoms with E-state index in [1.54, 1.807) is 35.6 Å². The summed E-state index contributed by atoms with van der Waals surface area (Å²) in [6.07, 6.45) is 14.1. The smallest absolute Gasteiger partial charge is 0.282 e. The van der Waals surface area contributed by atoms with E-state index in [2.05, 4.69) is 60.1 Å². The normalized spacial score (nSPS) is 14.9. The van der Waals surface area contributed by atoms with Crippen LogP contribution in [0.2, 0.25) is 20.1 Å². The summed E-state index contributed by atoms with van der Waals surface area (Å²) in [5.74, 6) is 0.519. The van der Waals surface area contributed by atoms with Crippen molar-refractivity contribution in [1.82, 2.24) is 9.88 Å². The van der Waals surface area contributed by atoms with E-state index in [1.165, 1.54) is 0 Å². The van der Waals surface area contributed by atoms with Gasteiger partial charge in [-0.25, -0.2) is 34.4 Å². The highest BCUT2D eigenvalue weighted by molar-refractivity contribution is 7.86. The molecule has 0 radical (unpaired) electrons. The average Bonchev–Trinajstić information content (AvgIpc) is 1.63. The van der Waals surface area contributed by atoms with E-state index in [9.17, 15) is 43.7 Å². The molecule has 1 N–H and O–H groups in total. The zero-order chi connectivity index (χ0) is 68.5. The van der Waals surface area contributed by atoms with Crippen LogP contribution in [0.4, 0.5) is 17.1 Å². The molecular weight excluding hydrogens is 1380 g/mol. The van der Waals surface area contributed by atoms with Crippen molar-refractivity contribution in [1.29, 1.82) is 0 Å². The van der Waals surface area contributed by atoms with Gasteiger partial charge in [-0.2, -0.15) is 4.57 Å². The van der Waals surface area contributed by atoms with Crippen LogP contribution >= 0.6 is 57.7 Å². The first-order valence-corrected chi connectivity index (χ1v) is 39.0. The van der Waals surface area contributed by atoms with Gasteiger partial charge < -0.3 is 33.1 Å². The van der Waals surface area contributed by atoms with E-state index in [0.29, 0.717) is 90.2 Å². The largest absolute Gasteiger partial charge is 0.748 e. The lowest BCUT2D eigenvalue weighted by Crippen LogP contribution is -2.50. The second kappa shape index (κ2) is 31.8. The molecule has 8 aromatic rings. The van der Waals surface area contributed by atoms with Gasteiger partial charge in [0, 0.05) is 86.2 Å². The van der Waals surface area contributed by atoms with Gasteiger partial charge in [-0.1, -0.05) is 157 Å². The Kier molecular flexibility index (Phi) is 23.8. The molecule has 6 aromatic carbocycles. The number of aryl methyl sites for hydroxylation is 2. The van der Waals surface area contributed by atoms with Crippen molar-refractivity contribution in [2.45, 2.75) is 111 Å². The van der Waals surface area contributed by atoms with Crippen molar-refractivity contribution in [3.05, 3.63) is 188 Å². The van der Waals surface area contributed by atoms with Crippen LogP contribution in [-0.2, 0) is 48.2 Å². The Hall–Kier alpha value is -6.80. The molecule has 508 valence electrons. The molecule has 10 rings (SSSR count). The van der Waals surface area contributed by atoms with Crippen LogP contribution in [0.5, 0.6) is 5.75 Å².